The topological polar surface area (TPSA) is 0 Å². The Kier molecular flexibility index (Phi) is 5.68. The van der Waals surface area contributed by atoms with Crippen LogP contribution in [0.3, 0.4) is 0 Å². The van der Waals surface area contributed by atoms with Crippen LogP contribution in [0.2, 0.25) is 0 Å². The van der Waals surface area contributed by atoms with Gasteiger partial charge in [0.25, 0.3) is 0 Å². The molecular formula is C17H20F2. The minimum Gasteiger partial charge on any atom is -0.204 e. The van der Waals surface area contributed by atoms with Crippen LogP contribution in [-0.4, -0.2) is 0 Å². The van der Waals surface area contributed by atoms with Crippen LogP contribution in [-0.2, 0) is 6.42 Å². The maximum absolute atomic E-state index is 13.3. The van der Waals surface area contributed by atoms with Crippen molar-refractivity contribution in [3.63, 3.8) is 0 Å². The van der Waals surface area contributed by atoms with Gasteiger partial charge in [0, 0.05) is 0 Å². The molecule has 0 aromatic heterocycles. The third-order valence-corrected chi connectivity index (χ3v) is 3.05. The largest absolute Gasteiger partial charge is 0.204 e. The Morgan fingerprint density at radius 2 is 2.00 bits per heavy atom. The number of halogens is 2. The molecular weight excluding hydrogens is 242 g/mol. The molecule has 19 heavy (non-hydrogen) atoms. The molecule has 0 saturated carbocycles. The molecule has 0 N–H and O–H groups in total. The molecule has 0 aliphatic carbocycles. The van der Waals surface area contributed by atoms with Gasteiger partial charge in [-0.15, -0.1) is 0 Å². The second-order valence-electron chi connectivity index (χ2n) is 4.53. The number of hydrogen-bond acceptors (Lipinski definition) is 0. The summed E-state index contributed by atoms with van der Waals surface area (Å²) in [5.41, 5.74) is 4.01. The first-order chi connectivity index (χ1) is 8.99. The zero-order valence-corrected chi connectivity index (χ0v) is 11.8. The molecule has 0 nitrogen and oxygen atoms in total. The van der Waals surface area contributed by atoms with Crippen molar-refractivity contribution in [2.75, 3.05) is 0 Å². The number of hydrogen-bond donors (Lipinski definition) is 0. The Balaban J connectivity index is 3.11. The molecule has 1 aromatic rings. The molecule has 0 unspecified atom stereocenters. The molecule has 0 bridgehead atoms. The Labute approximate surface area is 114 Å². The van der Waals surface area contributed by atoms with Gasteiger partial charge in [-0.25, -0.2) is 8.78 Å². The van der Waals surface area contributed by atoms with Crippen molar-refractivity contribution >= 4 is 5.57 Å². The third-order valence-electron chi connectivity index (χ3n) is 3.05. The van der Waals surface area contributed by atoms with E-state index >= 15 is 0 Å². The Hall–Kier alpha value is -1.70. The van der Waals surface area contributed by atoms with Gasteiger partial charge in [0.1, 0.15) is 0 Å². The summed E-state index contributed by atoms with van der Waals surface area (Å²) >= 11 is 0. The summed E-state index contributed by atoms with van der Waals surface area (Å²) in [7, 11) is 0. The van der Waals surface area contributed by atoms with Crippen molar-refractivity contribution in [1.29, 1.82) is 0 Å². The summed E-state index contributed by atoms with van der Waals surface area (Å²) in [6.07, 6.45) is 5.06. The normalized spacial score (nSPS) is 12.7. The molecule has 0 saturated heterocycles. The number of allylic oxidation sites excluding steroid dienone is 5. The molecule has 102 valence electrons. The van der Waals surface area contributed by atoms with Crippen LogP contribution in [0, 0.1) is 6.92 Å². The second kappa shape index (κ2) is 7.03. The fraction of sp³-hybridized carbons (Fsp3) is 0.294. The molecule has 1 rings (SSSR count). The van der Waals surface area contributed by atoms with E-state index in [9.17, 15) is 8.78 Å². The van der Waals surface area contributed by atoms with Crippen LogP contribution < -0.4 is 0 Å². The van der Waals surface area contributed by atoms with Crippen LogP contribution >= 0.6 is 0 Å². The molecule has 0 aliphatic rings. The molecule has 0 atom stereocenters. The van der Waals surface area contributed by atoms with E-state index in [-0.39, 0.29) is 0 Å². The van der Waals surface area contributed by atoms with Crippen molar-refractivity contribution in [3.05, 3.63) is 65.3 Å². The standard InChI is InChI=1S/C17H20F2/c1-5-7-15-8-9-16(10-12(15)3)14(6-2)11-17(19)13(4)18/h6,8-11H,4-5,7H2,1-3H3/b14-6+,17-11+. The molecule has 0 aliphatic heterocycles. The number of benzene rings is 1. The van der Waals surface area contributed by atoms with Crippen LogP contribution in [0.5, 0.6) is 0 Å². The minimum atomic E-state index is -1.04. The average molecular weight is 262 g/mol. The smallest absolute Gasteiger partial charge is 0.158 e. The lowest BCUT2D eigenvalue weighted by molar-refractivity contribution is 0.548. The number of rotatable bonds is 5. The lowest BCUT2D eigenvalue weighted by Gasteiger charge is -2.09. The van der Waals surface area contributed by atoms with Crippen LogP contribution in [0.1, 0.15) is 37.0 Å². The Bertz CT molecular complexity index is 522. The van der Waals surface area contributed by atoms with Gasteiger partial charge in [0.2, 0.25) is 0 Å². The second-order valence-corrected chi connectivity index (χ2v) is 4.53. The summed E-state index contributed by atoms with van der Waals surface area (Å²) in [6.45, 7) is 8.93. The van der Waals surface area contributed by atoms with E-state index in [0.29, 0.717) is 5.57 Å². The molecule has 1 aromatic carbocycles. The van der Waals surface area contributed by atoms with Crippen LogP contribution in [0.15, 0.2) is 48.6 Å². The fourth-order valence-electron chi connectivity index (χ4n) is 1.97. The van der Waals surface area contributed by atoms with E-state index < -0.39 is 11.7 Å². The predicted molar refractivity (Wildman–Crippen MR) is 78.3 cm³/mol. The highest BCUT2D eigenvalue weighted by Crippen LogP contribution is 2.24. The monoisotopic (exact) mass is 262 g/mol. The highest BCUT2D eigenvalue weighted by Gasteiger charge is 2.05. The van der Waals surface area contributed by atoms with Crippen molar-refractivity contribution in [3.8, 4) is 0 Å². The van der Waals surface area contributed by atoms with Gasteiger partial charge in [0.05, 0.1) is 0 Å². The Morgan fingerprint density at radius 3 is 2.47 bits per heavy atom. The van der Waals surface area contributed by atoms with E-state index in [1.807, 2.05) is 25.1 Å². The van der Waals surface area contributed by atoms with E-state index in [0.717, 1.165) is 18.4 Å². The maximum Gasteiger partial charge on any atom is 0.158 e. The van der Waals surface area contributed by atoms with Gasteiger partial charge in [-0.05, 0) is 48.6 Å². The Morgan fingerprint density at radius 1 is 1.32 bits per heavy atom. The summed E-state index contributed by atoms with van der Waals surface area (Å²) < 4.78 is 26.0. The first-order valence-electron chi connectivity index (χ1n) is 6.47. The van der Waals surface area contributed by atoms with Crippen molar-refractivity contribution in [2.45, 2.75) is 33.6 Å². The van der Waals surface area contributed by atoms with Gasteiger partial charge >= 0.3 is 0 Å². The van der Waals surface area contributed by atoms with Crippen molar-refractivity contribution < 1.29 is 8.78 Å². The van der Waals surface area contributed by atoms with Crippen molar-refractivity contribution in [1.82, 2.24) is 0 Å². The van der Waals surface area contributed by atoms with E-state index in [2.05, 4.69) is 13.5 Å². The summed E-state index contributed by atoms with van der Waals surface area (Å²) in [5, 5.41) is 0. The summed E-state index contributed by atoms with van der Waals surface area (Å²) in [5.74, 6) is -1.97. The lowest BCUT2D eigenvalue weighted by Crippen LogP contribution is -1.91. The van der Waals surface area contributed by atoms with Crippen LogP contribution in [0.25, 0.3) is 5.57 Å². The summed E-state index contributed by atoms with van der Waals surface area (Å²) in [6, 6.07) is 6.00. The molecule has 0 amide bonds. The predicted octanol–water partition coefficient (Wildman–Crippen LogP) is 5.69. The maximum atomic E-state index is 13.3. The van der Waals surface area contributed by atoms with E-state index in [1.54, 1.807) is 13.0 Å². The van der Waals surface area contributed by atoms with E-state index in [4.69, 9.17) is 0 Å². The average Bonchev–Trinajstić information content (AvgIpc) is 2.38. The minimum absolute atomic E-state index is 0.655. The highest BCUT2D eigenvalue weighted by molar-refractivity contribution is 5.75. The van der Waals surface area contributed by atoms with Gasteiger partial charge < -0.3 is 0 Å². The third kappa shape index (κ3) is 4.16. The summed E-state index contributed by atoms with van der Waals surface area (Å²) in [4.78, 5) is 0. The van der Waals surface area contributed by atoms with E-state index in [1.165, 1.54) is 17.2 Å². The van der Waals surface area contributed by atoms with Gasteiger partial charge in [-0.2, -0.15) is 0 Å². The quantitative estimate of drug-likeness (QED) is 0.598. The molecule has 2 heteroatoms. The lowest BCUT2D eigenvalue weighted by atomic mass is 9.97. The first-order valence-corrected chi connectivity index (χ1v) is 6.47. The molecule has 0 radical (unpaired) electrons. The van der Waals surface area contributed by atoms with Crippen LogP contribution in [0.4, 0.5) is 8.78 Å². The highest BCUT2D eigenvalue weighted by atomic mass is 19.2. The molecule has 0 spiro atoms. The fourth-order valence-corrected chi connectivity index (χ4v) is 1.97. The van der Waals surface area contributed by atoms with Gasteiger partial charge in [0.15, 0.2) is 11.7 Å². The van der Waals surface area contributed by atoms with Gasteiger partial charge in [-0.1, -0.05) is 44.2 Å². The zero-order chi connectivity index (χ0) is 14.4. The number of aryl methyl sites for hydroxylation is 2. The zero-order valence-electron chi connectivity index (χ0n) is 11.8. The molecule has 0 fully saturated rings. The SMILES string of the molecule is C=C(F)/C(F)=C\C(=C/C)c1ccc(CCC)c(C)c1. The first kappa shape index (κ1) is 15.4. The van der Waals surface area contributed by atoms with Crippen molar-refractivity contribution in [2.24, 2.45) is 0 Å². The molecule has 0 heterocycles. The van der Waals surface area contributed by atoms with Gasteiger partial charge in [-0.3, -0.25) is 0 Å².